The van der Waals surface area contributed by atoms with Gasteiger partial charge in [0.15, 0.2) is 11.6 Å². The monoisotopic (exact) mass is 214 g/mol. The average molecular weight is 214 g/mol. The predicted molar refractivity (Wildman–Crippen MR) is 57.9 cm³/mol. The molecule has 0 aromatic heterocycles. The van der Waals surface area contributed by atoms with E-state index in [4.69, 9.17) is 5.73 Å². The van der Waals surface area contributed by atoms with Crippen LogP contribution in [-0.4, -0.2) is 19.1 Å². The molecule has 2 N–H and O–H groups in total. The van der Waals surface area contributed by atoms with Crippen molar-refractivity contribution in [3.8, 4) is 0 Å². The number of anilines is 1. The van der Waals surface area contributed by atoms with Crippen molar-refractivity contribution >= 4 is 5.69 Å². The molecule has 1 atom stereocenters. The number of halogens is 2. The van der Waals surface area contributed by atoms with Gasteiger partial charge in [0.1, 0.15) is 0 Å². The van der Waals surface area contributed by atoms with Gasteiger partial charge in [0.2, 0.25) is 0 Å². The minimum absolute atomic E-state index is 0.111. The van der Waals surface area contributed by atoms with Crippen LogP contribution in [0.3, 0.4) is 0 Å². The number of hydrogen-bond donors (Lipinski definition) is 1. The van der Waals surface area contributed by atoms with Crippen LogP contribution in [0.2, 0.25) is 0 Å². The molecule has 0 saturated carbocycles. The fourth-order valence-corrected chi connectivity index (χ4v) is 1.54. The zero-order valence-electron chi connectivity index (χ0n) is 9.00. The molecule has 1 aromatic rings. The third-order valence-corrected chi connectivity index (χ3v) is 2.45. The van der Waals surface area contributed by atoms with Crippen molar-refractivity contribution < 1.29 is 8.78 Å². The van der Waals surface area contributed by atoms with Crippen LogP contribution in [0, 0.1) is 11.6 Å². The van der Waals surface area contributed by atoms with Gasteiger partial charge in [0.25, 0.3) is 0 Å². The molecule has 4 heteroatoms. The van der Waals surface area contributed by atoms with E-state index in [1.165, 1.54) is 6.07 Å². The van der Waals surface area contributed by atoms with Gasteiger partial charge in [-0.3, -0.25) is 0 Å². The number of nitrogens with zero attached hydrogens (tertiary/aromatic N) is 1. The highest BCUT2D eigenvalue weighted by atomic mass is 19.2. The second-order valence-electron chi connectivity index (χ2n) is 3.47. The fourth-order valence-electron chi connectivity index (χ4n) is 1.54. The van der Waals surface area contributed by atoms with E-state index in [0.29, 0.717) is 18.8 Å². The van der Waals surface area contributed by atoms with E-state index >= 15 is 0 Å². The summed E-state index contributed by atoms with van der Waals surface area (Å²) in [6.07, 6.45) is 0. The molecule has 15 heavy (non-hydrogen) atoms. The van der Waals surface area contributed by atoms with Crippen molar-refractivity contribution in [2.45, 2.75) is 19.9 Å². The van der Waals surface area contributed by atoms with Crippen LogP contribution < -0.4 is 10.6 Å². The summed E-state index contributed by atoms with van der Waals surface area (Å²) in [5, 5.41) is 0. The Labute approximate surface area is 88.7 Å². The van der Waals surface area contributed by atoms with Gasteiger partial charge in [0, 0.05) is 30.9 Å². The lowest BCUT2D eigenvalue weighted by molar-refractivity contribution is 0.507. The van der Waals surface area contributed by atoms with E-state index in [1.807, 2.05) is 18.7 Å². The maximum atomic E-state index is 13.0. The molecule has 1 aromatic carbocycles. The summed E-state index contributed by atoms with van der Waals surface area (Å²) in [7, 11) is 0. The lowest BCUT2D eigenvalue weighted by Gasteiger charge is -2.29. The molecule has 1 unspecified atom stereocenters. The second-order valence-corrected chi connectivity index (χ2v) is 3.47. The first-order valence-electron chi connectivity index (χ1n) is 5.01. The summed E-state index contributed by atoms with van der Waals surface area (Å²) in [5.74, 6) is -1.65. The maximum absolute atomic E-state index is 13.0. The molecule has 0 heterocycles. The standard InChI is InChI=1S/C11H16F2N2/c1-3-15(8(2)7-14)9-4-5-10(12)11(13)6-9/h4-6,8H,3,7,14H2,1-2H3. The molecule has 1 rings (SSSR count). The zero-order chi connectivity index (χ0) is 11.4. The normalized spacial score (nSPS) is 12.6. The van der Waals surface area contributed by atoms with Crippen LogP contribution in [-0.2, 0) is 0 Å². The molecular weight excluding hydrogens is 198 g/mol. The minimum atomic E-state index is -0.824. The van der Waals surface area contributed by atoms with Gasteiger partial charge in [-0.2, -0.15) is 0 Å². The summed E-state index contributed by atoms with van der Waals surface area (Å²) in [6.45, 7) is 5.09. The van der Waals surface area contributed by atoms with Crippen molar-refractivity contribution in [1.82, 2.24) is 0 Å². The van der Waals surface area contributed by atoms with Gasteiger partial charge in [-0.05, 0) is 26.0 Å². The van der Waals surface area contributed by atoms with Crippen LogP contribution >= 0.6 is 0 Å². The van der Waals surface area contributed by atoms with Crippen molar-refractivity contribution in [2.24, 2.45) is 5.73 Å². The maximum Gasteiger partial charge on any atom is 0.160 e. The Morgan fingerprint density at radius 2 is 2.00 bits per heavy atom. The molecular formula is C11H16F2N2. The smallest absolute Gasteiger partial charge is 0.160 e. The van der Waals surface area contributed by atoms with Gasteiger partial charge in [-0.1, -0.05) is 0 Å². The van der Waals surface area contributed by atoms with E-state index in [1.54, 1.807) is 6.07 Å². The molecule has 0 fully saturated rings. The zero-order valence-corrected chi connectivity index (χ0v) is 9.00. The Balaban J connectivity index is 2.97. The Hall–Kier alpha value is -1.16. The Morgan fingerprint density at radius 1 is 1.33 bits per heavy atom. The van der Waals surface area contributed by atoms with E-state index in [-0.39, 0.29) is 6.04 Å². The number of nitrogens with two attached hydrogens (primary N) is 1. The highest BCUT2D eigenvalue weighted by Crippen LogP contribution is 2.19. The second kappa shape index (κ2) is 5.07. The third kappa shape index (κ3) is 2.65. The van der Waals surface area contributed by atoms with Crippen molar-refractivity contribution in [2.75, 3.05) is 18.0 Å². The fraction of sp³-hybridized carbons (Fsp3) is 0.455. The van der Waals surface area contributed by atoms with Gasteiger partial charge in [-0.25, -0.2) is 8.78 Å². The number of hydrogen-bond acceptors (Lipinski definition) is 2. The minimum Gasteiger partial charge on any atom is -0.368 e. The Bertz CT molecular complexity index is 328. The van der Waals surface area contributed by atoms with E-state index < -0.39 is 11.6 Å². The van der Waals surface area contributed by atoms with Crippen LogP contribution in [0.4, 0.5) is 14.5 Å². The van der Waals surface area contributed by atoms with E-state index in [9.17, 15) is 8.78 Å². The largest absolute Gasteiger partial charge is 0.368 e. The van der Waals surface area contributed by atoms with Crippen molar-refractivity contribution in [1.29, 1.82) is 0 Å². The molecule has 0 aliphatic carbocycles. The van der Waals surface area contributed by atoms with Crippen LogP contribution in [0.1, 0.15) is 13.8 Å². The molecule has 84 valence electrons. The molecule has 0 bridgehead atoms. The third-order valence-electron chi connectivity index (χ3n) is 2.45. The summed E-state index contributed by atoms with van der Waals surface area (Å²) in [4.78, 5) is 1.93. The SMILES string of the molecule is CCN(c1ccc(F)c(F)c1)C(C)CN. The van der Waals surface area contributed by atoms with Crippen molar-refractivity contribution in [3.63, 3.8) is 0 Å². The number of rotatable bonds is 4. The van der Waals surface area contributed by atoms with Gasteiger partial charge in [0.05, 0.1) is 0 Å². The van der Waals surface area contributed by atoms with Gasteiger partial charge >= 0.3 is 0 Å². The number of benzene rings is 1. The van der Waals surface area contributed by atoms with Crippen LogP contribution in [0.25, 0.3) is 0 Å². The average Bonchev–Trinajstić information content (AvgIpc) is 2.24. The molecule has 0 amide bonds. The molecule has 0 aliphatic rings. The number of likely N-dealkylation sites (N-methyl/N-ethyl adjacent to an activating group) is 1. The summed E-state index contributed by atoms with van der Waals surface area (Å²) < 4.78 is 25.7. The highest BCUT2D eigenvalue weighted by molar-refractivity contribution is 5.47. The first-order valence-corrected chi connectivity index (χ1v) is 5.01. The van der Waals surface area contributed by atoms with Crippen LogP contribution in [0.15, 0.2) is 18.2 Å². The topological polar surface area (TPSA) is 29.3 Å². The van der Waals surface area contributed by atoms with Gasteiger partial charge < -0.3 is 10.6 Å². The van der Waals surface area contributed by atoms with E-state index in [2.05, 4.69) is 0 Å². The Morgan fingerprint density at radius 3 is 2.47 bits per heavy atom. The molecule has 0 saturated heterocycles. The molecule has 0 radical (unpaired) electrons. The first-order chi connectivity index (χ1) is 7.10. The molecule has 2 nitrogen and oxygen atoms in total. The lowest BCUT2D eigenvalue weighted by Crippen LogP contribution is -2.38. The highest BCUT2D eigenvalue weighted by Gasteiger charge is 2.13. The summed E-state index contributed by atoms with van der Waals surface area (Å²) >= 11 is 0. The van der Waals surface area contributed by atoms with Gasteiger partial charge in [-0.15, -0.1) is 0 Å². The summed E-state index contributed by atoms with van der Waals surface area (Å²) in [5.41, 5.74) is 6.21. The quantitative estimate of drug-likeness (QED) is 0.832. The predicted octanol–water partition coefficient (Wildman–Crippen LogP) is 2.14. The van der Waals surface area contributed by atoms with Crippen molar-refractivity contribution in [3.05, 3.63) is 29.8 Å². The lowest BCUT2D eigenvalue weighted by atomic mass is 10.2. The van der Waals surface area contributed by atoms with Crippen LogP contribution in [0.5, 0.6) is 0 Å². The summed E-state index contributed by atoms with van der Waals surface area (Å²) in [6, 6.07) is 4.01. The molecule has 0 aliphatic heterocycles. The Kier molecular flexibility index (Phi) is 4.03. The molecule has 0 spiro atoms. The first kappa shape index (κ1) is 11.9. The van der Waals surface area contributed by atoms with E-state index in [0.717, 1.165) is 6.07 Å².